The first-order valence-corrected chi connectivity index (χ1v) is 24.8. The summed E-state index contributed by atoms with van der Waals surface area (Å²) >= 11 is 0. The Hall–Kier alpha value is -4.97. The number of hydrogen-bond acceptors (Lipinski definition) is 11. The number of ether oxygens (including phenoxy) is 4. The SMILES string of the molecule is CCCCCC[C@H]1OC[C@@H](C)NC(=O)[C@H](COC(CCOC(N)=O)C(C)(C)C)NC(=O)[C@H](CNC(=O)OCc2ccccc2)NC(=O)[C@H](C2CCCCC2)NC(=O)[C@H](CC(C)C)N(C)C(=O)[C@@H]1C. The summed E-state index contributed by atoms with van der Waals surface area (Å²) in [6, 6.07) is 3.56. The number of alkyl carbamates (subject to hydrolysis) is 1. The monoisotopic (exact) mass is 958 g/mol. The van der Waals surface area contributed by atoms with Crippen molar-refractivity contribution < 1.29 is 52.5 Å². The zero-order valence-electron chi connectivity index (χ0n) is 42.2. The van der Waals surface area contributed by atoms with E-state index >= 15 is 0 Å². The highest BCUT2D eigenvalue weighted by molar-refractivity contribution is 5.96. The predicted molar refractivity (Wildman–Crippen MR) is 258 cm³/mol. The maximum absolute atomic E-state index is 14.7. The summed E-state index contributed by atoms with van der Waals surface area (Å²) in [7, 11) is 1.61. The molecule has 1 aliphatic heterocycles. The number of rotatable bonds is 18. The molecule has 384 valence electrons. The minimum absolute atomic E-state index is 0.00491. The second-order valence-electron chi connectivity index (χ2n) is 20.1. The molecule has 1 unspecified atom stereocenters. The largest absolute Gasteiger partial charge is 0.450 e. The quantitative estimate of drug-likeness (QED) is 0.104. The van der Waals surface area contributed by atoms with Crippen LogP contribution in [0.2, 0.25) is 0 Å². The fraction of sp³-hybridized carbons (Fsp3) is 0.740. The minimum Gasteiger partial charge on any atom is -0.450 e. The van der Waals surface area contributed by atoms with E-state index in [1.54, 1.807) is 45.2 Å². The van der Waals surface area contributed by atoms with Crippen LogP contribution in [-0.4, -0.2) is 122 Å². The molecule has 0 bridgehead atoms. The Morgan fingerprint density at radius 3 is 2.16 bits per heavy atom. The van der Waals surface area contributed by atoms with Crippen LogP contribution in [0.25, 0.3) is 0 Å². The normalized spacial score (nSPS) is 24.9. The van der Waals surface area contributed by atoms with Crippen LogP contribution in [0, 0.1) is 23.2 Å². The minimum atomic E-state index is -1.47. The standard InChI is InChI=1S/C50H83N7O11/c1-10-11-12-19-24-40-34(5)47(62)57(9)39(27-32(2)3)45(60)56-42(36-22-17-14-18-23-36)46(61)54-37(28-52-49(64)68-30-35-20-15-13-16-21-35)43(58)55-38(44(59)53-33(4)29-66-40)31-67-41(50(6,7)8)25-26-65-48(51)63/h13,15-16,20-21,32-34,36-42H,10-12,14,17-19,22-31H2,1-9H3,(H2,51,63)(H,52,64)(H,53,59)(H,54,61)(H,55,58)(H,56,60)/t33-,34-,37+,38+,39+,40-,41?,42+/m1/s1. The number of nitrogens with zero attached hydrogens (tertiary/aromatic N) is 1. The Bertz CT molecular complexity index is 1750. The van der Waals surface area contributed by atoms with Crippen LogP contribution >= 0.6 is 0 Å². The van der Waals surface area contributed by atoms with E-state index in [0.29, 0.717) is 25.7 Å². The van der Waals surface area contributed by atoms with Gasteiger partial charge in [-0.25, -0.2) is 9.59 Å². The lowest BCUT2D eigenvalue weighted by Gasteiger charge is -2.36. The van der Waals surface area contributed by atoms with Gasteiger partial charge in [-0.05, 0) is 55.4 Å². The third-order valence-electron chi connectivity index (χ3n) is 12.7. The average Bonchev–Trinajstić information content (AvgIpc) is 3.29. The van der Waals surface area contributed by atoms with Crippen molar-refractivity contribution in [2.45, 2.75) is 181 Å². The summed E-state index contributed by atoms with van der Waals surface area (Å²) < 4.78 is 23.2. The van der Waals surface area contributed by atoms with Gasteiger partial charge in [0.15, 0.2) is 0 Å². The first-order chi connectivity index (χ1) is 32.2. The van der Waals surface area contributed by atoms with Crippen LogP contribution in [0.5, 0.6) is 0 Å². The third kappa shape index (κ3) is 19.9. The van der Waals surface area contributed by atoms with Crippen LogP contribution in [0.1, 0.15) is 138 Å². The number of benzene rings is 1. The van der Waals surface area contributed by atoms with Gasteiger partial charge in [-0.15, -0.1) is 0 Å². The lowest BCUT2D eigenvalue weighted by Crippen LogP contribution is -2.62. The first-order valence-electron chi connectivity index (χ1n) is 24.8. The molecule has 3 rings (SSSR count). The molecule has 1 aromatic carbocycles. The van der Waals surface area contributed by atoms with E-state index in [9.17, 15) is 33.6 Å². The molecule has 0 spiro atoms. The Kier molecular flexibility index (Phi) is 24.6. The fourth-order valence-corrected chi connectivity index (χ4v) is 8.67. The lowest BCUT2D eigenvalue weighted by molar-refractivity contribution is -0.147. The maximum atomic E-state index is 14.7. The van der Waals surface area contributed by atoms with E-state index in [1.807, 2.05) is 40.7 Å². The molecule has 1 saturated carbocycles. The van der Waals surface area contributed by atoms with Crippen molar-refractivity contribution in [3.63, 3.8) is 0 Å². The van der Waals surface area contributed by atoms with Gasteiger partial charge in [0.2, 0.25) is 29.5 Å². The van der Waals surface area contributed by atoms with Gasteiger partial charge in [-0.3, -0.25) is 24.0 Å². The van der Waals surface area contributed by atoms with Gasteiger partial charge in [0.25, 0.3) is 0 Å². The third-order valence-corrected chi connectivity index (χ3v) is 12.7. The number of carbonyl (C=O) groups is 7. The topological polar surface area (TPSA) is 246 Å². The number of unbranched alkanes of at least 4 members (excludes halogenated alkanes) is 3. The fourth-order valence-electron chi connectivity index (χ4n) is 8.67. The van der Waals surface area contributed by atoms with Crippen LogP contribution in [-0.2, 0) is 49.5 Å². The van der Waals surface area contributed by atoms with E-state index in [4.69, 9.17) is 24.7 Å². The molecular formula is C50H83N7O11. The van der Waals surface area contributed by atoms with Crippen molar-refractivity contribution in [3.05, 3.63) is 35.9 Å². The summed E-state index contributed by atoms with van der Waals surface area (Å²) in [5.41, 5.74) is 5.43. The maximum Gasteiger partial charge on any atom is 0.407 e. The van der Waals surface area contributed by atoms with Crippen molar-refractivity contribution in [2.24, 2.45) is 28.9 Å². The van der Waals surface area contributed by atoms with Crippen LogP contribution in [0.3, 0.4) is 0 Å². The highest BCUT2D eigenvalue weighted by Gasteiger charge is 2.40. The molecule has 2 fully saturated rings. The molecule has 1 heterocycles. The molecule has 1 saturated heterocycles. The van der Waals surface area contributed by atoms with Crippen LogP contribution in [0.4, 0.5) is 9.59 Å². The highest BCUT2D eigenvalue weighted by Crippen LogP contribution is 2.28. The molecule has 68 heavy (non-hydrogen) atoms. The number of hydrogen-bond donors (Lipinski definition) is 6. The number of carbonyl (C=O) groups excluding carboxylic acids is 7. The summed E-state index contributed by atoms with van der Waals surface area (Å²) in [5, 5.41) is 14.1. The van der Waals surface area contributed by atoms with E-state index < -0.39 is 96.1 Å². The molecule has 8 atom stereocenters. The smallest absolute Gasteiger partial charge is 0.407 e. The molecule has 7 N–H and O–H groups in total. The molecule has 18 nitrogen and oxygen atoms in total. The number of nitrogens with two attached hydrogens (primary N) is 1. The molecule has 1 aromatic rings. The molecule has 18 heteroatoms. The Morgan fingerprint density at radius 2 is 1.53 bits per heavy atom. The molecular weight excluding hydrogens is 875 g/mol. The molecule has 0 radical (unpaired) electrons. The van der Waals surface area contributed by atoms with E-state index in [2.05, 4.69) is 33.5 Å². The van der Waals surface area contributed by atoms with Crippen molar-refractivity contribution in [1.82, 2.24) is 31.5 Å². The zero-order chi connectivity index (χ0) is 50.4. The first kappa shape index (κ1) is 57.3. The van der Waals surface area contributed by atoms with Gasteiger partial charge >= 0.3 is 12.2 Å². The van der Waals surface area contributed by atoms with E-state index in [1.165, 1.54) is 4.90 Å². The number of primary amides is 1. The molecule has 1 aliphatic carbocycles. The number of likely N-dealkylation sites (N-methyl/N-ethyl adjacent to an activating group) is 1. The average molecular weight is 958 g/mol. The van der Waals surface area contributed by atoms with Crippen molar-refractivity contribution in [1.29, 1.82) is 0 Å². The second kappa shape index (κ2) is 29.1. The summed E-state index contributed by atoms with van der Waals surface area (Å²) in [6.45, 7) is 14.4. The van der Waals surface area contributed by atoms with Crippen LogP contribution < -0.4 is 32.3 Å². The van der Waals surface area contributed by atoms with Crippen molar-refractivity contribution in [2.75, 3.05) is 33.4 Å². The predicted octanol–water partition coefficient (Wildman–Crippen LogP) is 5.25. The van der Waals surface area contributed by atoms with Crippen molar-refractivity contribution >= 4 is 41.7 Å². The Morgan fingerprint density at radius 1 is 0.868 bits per heavy atom. The summed E-state index contributed by atoms with van der Waals surface area (Å²) in [5.74, 6) is -3.84. The Labute approximate surface area is 404 Å². The lowest BCUT2D eigenvalue weighted by atomic mass is 9.83. The molecule has 0 aromatic heterocycles. The van der Waals surface area contributed by atoms with Gasteiger partial charge in [-0.1, -0.05) is 124 Å². The number of nitrogens with one attached hydrogen (secondary N) is 5. The zero-order valence-corrected chi connectivity index (χ0v) is 42.2. The highest BCUT2D eigenvalue weighted by atomic mass is 16.6. The second-order valence-corrected chi connectivity index (χ2v) is 20.1. The van der Waals surface area contributed by atoms with Gasteiger partial charge in [-0.2, -0.15) is 0 Å². The molecule has 7 amide bonds. The molecule has 2 aliphatic rings. The van der Waals surface area contributed by atoms with E-state index in [-0.39, 0.29) is 50.6 Å². The van der Waals surface area contributed by atoms with Gasteiger partial charge in [0.05, 0.1) is 44.5 Å². The van der Waals surface area contributed by atoms with Gasteiger partial charge in [0.1, 0.15) is 30.8 Å². The summed E-state index contributed by atoms with van der Waals surface area (Å²) in [6.07, 6.45) is 5.87. The Balaban J connectivity index is 2.11. The van der Waals surface area contributed by atoms with Crippen molar-refractivity contribution in [3.8, 4) is 0 Å². The van der Waals surface area contributed by atoms with Crippen LogP contribution in [0.15, 0.2) is 30.3 Å². The van der Waals surface area contributed by atoms with Gasteiger partial charge in [0, 0.05) is 19.5 Å². The summed E-state index contributed by atoms with van der Waals surface area (Å²) in [4.78, 5) is 98.5. The number of amides is 7. The van der Waals surface area contributed by atoms with E-state index in [0.717, 1.165) is 50.5 Å². The van der Waals surface area contributed by atoms with Gasteiger partial charge < -0.3 is 56.2 Å².